The van der Waals surface area contributed by atoms with Gasteiger partial charge >= 0.3 is 0 Å². The van der Waals surface area contributed by atoms with Crippen LogP contribution in [-0.2, 0) is 0 Å². The zero-order chi connectivity index (χ0) is 11.7. The minimum atomic E-state index is -0.228. The van der Waals surface area contributed by atoms with Gasteiger partial charge in [-0.2, -0.15) is 0 Å². The molecule has 0 bridgehead atoms. The molecule has 0 saturated heterocycles. The molecular formula is C13H15FN2. The first-order valence-corrected chi connectivity index (χ1v) is 5.31. The van der Waals surface area contributed by atoms with Crippen molar-refractivity contribution in [2.75, 3.05) is 5.73 Å². The molecule has 2 nitrogen and oxygen atoms in total. The Labute approximate surface area is 94.5 Å². The summed E-state index contributed by atoms with van der Waals surface area (Å²) in [6.45, 7) is 4.12. The fourth-order valence-electron chi connectivity index (χ4n) is 1.77. The normalized spacial score (nSPS) is 11.0. The summed E-state index contributed by atoms with van der Waals surface area (Å²) in [7, 11) is 0. The lowest BCUT2D eigenvalue weighted by Gasteiger charge is -2.08. The third kappa shape index (κ3) is 1.94. The van der Waals surface area contributed by atoms with E-state index >= 15 is 0 Å². The molecule has 0 unspecified atom stereocenters. The Morgan fingerprint density at radius 2 is 1.94 bits per heavy atom. The molecule has 16 heavy (non-hydrogen) atoms. The van der Waals surface area contributed by atoms with Crippen LogP contribution < -0.4 is 5.73 Å². The smallest absolute Gasteiger partial charge is 0.123 e. The third-order valence-electron chi connectivity index (χ3n) is 2.59. The number of hydrogen-bond acceptors (Lipinski definition) is 1. The molecule has 0 amide bonds. The second-order valence-electron chi connectivity index (χ2n) is 4.17. The summed E-state index contributed by atoms with van der Waals surface area (Å²) < 4.78 is 15.1. The van der Waals surface area contributed by atoms with E-state index in [-0.39, 0.29) is 5.82 Å². The van der Waals surface area contributed by atoms with Crippen LogP contribution in [0.5, 0.6) is 0 Å². The average molecular weight is 218 g/mol. The van der Waals surface area contributed by atoms with Crippen LogP contribution in [0.2, 0.25) is 0 Å². The number of hydrogen-bond donors (Lipinski definition) is 1. The van der Waals surface area contributed by atoms with Gasteiger partial charge < -0.3 is 10.3 Å². The monoisotopic (exact) mass is 218 g/mol. The van der Waals surface area contributed by atoms with E-state index < -0.39 is 0 Å². The second kappa shape index (κ2) is 4.00. The molecule has 0 fully saturated rings. The Hall–Kier alpha value is -1.77. The van der Waals surface area contributed by atoms with Gasteiger partial charge in [-0.15, -0.1) is 0 Å². The van der Waals surface area contributed by atoms with Crippen LogP contribution in [0.1, 0.15) is 19.9 Å². The van der Waals surface area contributed by atoms with Gasteiger partial charge in [-0.25, -0.2) is 4.39 Å². The molecular weight excluding hydrogens is 203 g/mol. The number of nitrogens with two attached hydrogens (primary N) is 1. The predicted octanol–water partition coefficient (Wildman–Crippen LogP) is 3.46. The highest BCUT2D eigenvalue weighted by molar-refractivity contribution is 5.66. The molecule has 3 heteroatoms. The topological polar surface area (TPSA) is 30.9 Å². The van der Waals surface area contributed by atoms with Gasteiger partial charge in [0.15, 0.2) is 0 Å². The standard InChI is InChI=1S/C13H15FN2/c1-9(2)16-8-11(7-13(16)15)10-4-3-5-12(14)6-10/h3-9H,15H2,1-2H3. The molecule has 2 rings (SSSR count). The summed E-state index contributed by atoms with van der Waals surface area (Å²) in [6.07, 6.45) is 1.95. The highest BCUT2D eigenvalue weighted by atomic mass is 19.1. The van der Waals surface area contributed by atoms with E-state index in [0.717, 1.165) is 11.1 Å². The lowest BCUT2D eigenvalue weighted by Crippen LogP contribution is -2.02. The molecule has 0 spiro atoms. The first-order chi connectivity index (χ1) is 7.58. The maximum atomic E-state index is 13.1. The summed E-state index contributed by atoms with van der Waals surface area (Å²) in [5.74, 6) is 0.475. The zero-order valence-corrected chi connectivity index (χ0v) is 9.44. The van der Waals surface area contributed by atoms with Crippen LogP contribution >= 0.6 is 0 Å². The SMILES string of the molecule is CC(C)n1cc(-c2cccc(F)c2)cc1N. The van der Waals surface area contributed by atoms with E-state index in [4.69, 9.17) is 5.73 Å². The Morgan fingerprint density at radius 1 is 1.19 bits per heavy atom. The Kier molecular flexibility index (Phi) is 2.69. The van der Waals surface area contributed by atoms with Crippen molar-refractivity contribution in [3.05, 3.63) is 42.3 Å². The Morgan fingerprint density at radius 3 is 2.50 bits per heavy atom. The zero-order valence-electron chi connectivity index (χ0n) is 9.44. The molecule has 84 valence electrons. The molecule has 0 radical (unpaired) electrons. The molecule has 0 saturated carbocycles. The molecule has 0 aliphatic heterocycles. The van der Waals surface area contributed by atoms with E-state index in [1.165, 1.54) is 12.1 Å². The lowest BCUT2D eigenvalue weighted by molar-refractivity contribution is 0.612. The number of nitrogens with zero attached hydrogens (tertiary/aromatic N) is 1. The predicted molar refractivity (Wildman–Crippen MR) is 64.6 cm³/mol. The minimum absolute atomic E-state index is 0.228. The summed E-state index contributed by atoms with van der Waals surface area (Å²) in [5.41, 5.74) is 7.69. The number of benzene rings is 1. The van der Waals surface area contributed by atoms with Gasteiger partial charge in [-0.05, 0) is 37.6 Å². The first kappa shape index (κ1) is 10.7. The van der Waals surface area contributed by atoms with Crippen LogP contribution in [0, 0.1) is 5.82 Å². The fraction of sp³-hybridized carbons (Fsp3) is 0.231. The number of aromatic nitrogens is 1. The molecule has 2 aromatic rings. The van der Waals surface area contributed by atoms with E-state index in [9.17, 15) is 4.39 Å². The van der Waals surface area contributed by atoms with Crippen LogP contribution in [-0.4, -0.2) is 4.57 Å². The number of anilines is 1. The van der Waals surface area contributed by atoms with Gasteiger partial charge in [-0.3, -0.25) is 0 Å². The molecule has 0 atom stereocenters. The number of nitrogen functional groups attached to an aromatic ring is 1. The fourth-order valence-corrected chi connectivity index (χ4v) is 1.77. The molecule has 0 aliphatic carbocycles. The molecule has 2 N–H and O–H groups in total. The van der Waals surface area contributed by atoms with Gasteiger partial charge in [-0.1, -0.05) is 12.1 Å². The van der Waals surface area contributed by atoms with Gasteiger partial charge in [0.05, 0.1) is 0 Å². The van der Waals surface area contributed by atoms with E-state index in [1.54, 1.807) is 6.07 Å². The van der Waals surface area contributed by atoms with Crippen molar-refractivity contribution in [2.45, 2.75) is 19.9 Å². The molecule has 1 aromatic heterocycles. The maximum absolute atomic E-state index is 13.1. The van der Waals surface area contributed by atoms with Gasteiger partial charge in [0, 0.05) is 17.8 Å². The highest BCUT2D eigenvalue weighted by Gasteiger charge is 2.07. The van der Waals surface area contributed by atoms with Crippen LogP contribution in [0.4, 0.5) is 10.2 Å². The highest BCUT2D eigenvalue weighted by Crippen LogP contribution is 2.26. The second-order valence-corrected chi connectivity index (χ2v) is 4.17. The minimum Gasteiger partial charge on any atom is -0.385 e. The van der Waals surface area contributed by atoms with Crippen molar-refractivity contribution < 1.29 is 4.39 Å². The van der Waals surface area contributed by atoms with Gasteiger partial charge in [0.2, 0.25) is 0 Å². The van der Waals surface area contributed by atoms with Crippen LogP contribution in [0.25, 0.3) is 11.1 Å². The van der Waals surface area contributed by atoms with Crippen molar-refractivity contribution in [2.24, 2.45) is 0 Å². The van der Waals surface area contributed by atoms with Gasteiger partial charge in [0.1, 0.15) is 11.6 Å². The largest absolute Gasteiger partial charge is 0.385 e. The summed E-state index contributed by atoms with van der Waals surface area (Å²) >= 11 is 0. The van der Waals surface area contributed by atoms with Crippen LogP contribution in [0.3, 0.4) is 0 Å². The molecule has 0 aliphatic rings. The number of rotatable bonds is 2. The lowest BCUT2D eigenvalue weighted by atomic mass is 10.1. The first-order valence-electron chi connectivity index (χ1n) is 5.31. The Bertz CT molecular complexity index is 500. The van der Waals surface area contributed by atoms with E-state index in [2.05, 4.69) is 13.8 Å². The summed E-state index contributed by atoms with van der Waals surface area (Å²) in [4.78, 5) is 0. The van der Waals surface area contributed by atoms with E-state index in [0.29, 0.717) is 11.9 Å². The van der Waals surface area contributed by atoms with Crippen molar-refractivity contribution in [3.63, 3.8) is 0 Å². The van der Waals surface area contributed by atoms with Crippen molar-refractivity contribution in [3.8, 4) is 11.1 Å². The molecule has 1 aromatic carbocycles. The Balaban J connectivity index is 2.45. The van der Waals surface area contributed by atoms with E-state index in [1.807, 2.05) is 22.9 Å². The average Bonchev–Trinajstić information content (AvgIpc) is 2.60. The van der Waals surface area contributed by atoms with Crippen molar-refractivity contribution in [1.82, 2.24) is 4.57 Å². The van der Waals surface area contributed by atoms with Crippen molar-refractivity contribution in [1.29, 1.82) is 0 Å². The quantitative estimate of drug-likeness (QED) is 0.822. The summed E-state index contributed by atoms with van der Waals surface area (Å²) in [6, 6.07) is 8.71. The maximum Gasteiger partial charge on any atom is 0.123 e. The summed E-state index contributed by atoms with van der Waals surface area (Å²) in [5, 5.41) is 0. The molecule has 1 heterocycles. The third-order valence-corrected chi connectivity index (χ3v) is 2.59. The van der Waals surface area contributed by atoms with Gasteiger partial charge in [0.25, 0.3) is 0 Å². The number of halogens is 1. The van der Waals surface area contributed by atoms with Crippen molar-refractivity contribution >= 4 is 5.82 Å². The van der Waals surface area contributed by atoms with Crippen LogP contribution in [0.15, 0.2) is 36.5 Å².